The van der Waals surface area contributed by atoms with Gasteiger partial charge in [-0.15, -0.1) is 0 Å². The second-order valence-corrected chi connectivity index (χ2v) is 7.45. The van der Waals surface area contributed by atoms with E-state index in [2.05, 4.69) is 10.6 Å². The molecule has 5 atom stereocenters. The quantitative estimate of drug-likeness (QED) is 0.742. The highest BCUT2D eigenvalue weighted by Gasteiger charge is 2.38. The molecule has 5 heteroatoms. The molecule has 1 aromatic carbocycles. The molecule has 3 rings (SSSR count). The highest BCUT2D eigenvalue weighted by molar-refractivity contribution is 5.74. The second-order valence-electron chi connectivity index (χ2n) is 7.45. The van der Waals surface area contributed by atoms with E-state index in [4.69, 9.17) is 4.74 Å². The number of amides is 2. The molecule has 1 aromatic rings. The first-order valence-corrected chi connectivity index (χ1v) is 9.52. The van der Waals surface area contributed by atoms with E-state index >= 15 is 0 Å². The Morgan fingerprint density at radius 3 is 2.84 bits per heavy atom. The van der Waals surface area contributed by atoms with E-state index < -0.39 is 6.10 Å². The van der Waals surface area contributed by atoms with Crippen LogP contribution < -0.4 is 10.6 Å². The number of ether oxygens (including phenoxy) is 1. The molecule has 2 fully saturated rings. The first-order chi connectivity index (χ1) is 12.1. The summed E-state index contributed by atoms with van der Waals surface area (Å²) in [6.07, 6.45) is 4.87. The monoisotopic (exact) mass is 346 g/mol. The summed E-state index contributed by atoms with van der Waals surface area (Å²) in [5, 5.41) is 15.9. The van der Waals surface area contributed by atoms with Gasteiger partial charge in [0.25, 0.3) is 0 Å². The predicted molar refractivity (Wildman–Crippen MR) is 97.5 cm³/mol. The maximum absolute atomic E-state index is 12.4. The molecule has 25 heavy (non-hydrogen) atoms. The molecule has 1 aliphatic heterocycles. The number of carbonyl (C=O) groups is 1. The SMILES string of the molecule is C[C@H](O)C[C@H](CNC(=O)N[C@@H]1CCC[C@@H]2OCC[C@@H]21)c1ccccc1. The maximum atomic E-state index is 12.4. The number of hydrogen-bond donors (Lipinski definition) is 3. The number of rotatable bonds is 6. The number of fused-ring (bicyclic) bond motifs is 1. The van der Waals surface area contributed by atoms with Gasteiger partial charge in [-0.2, -0.15) is 0 Å². The van der Waals surface area contributed by atoms with Gasteiger partial charge in [-0.25, -0.2) is 4.79 Å². The van der Waals surface area contributed by atoms with E-state index in [0.29, 0.717) is 25.0 Å². The summed E-state index contributed by atoms with van der Waals surface area (Å²) >= 11 is 0. The average Bonchev–Trinajstić information content (AvgIpc) is 3.09. The minimum absolute atomic E-state index is 0.107. The van der Waals surface area contributed by atoms with Crippen LogP contribution in [0.5, 0.6) is 0 Å². The first kappa shape index (κ1) is 18.2. The van der Waals surface area contributed by atoms with Crippen LogP contribution in [0.2, 0.25) is 0 Å². The van der Waals surface area contributed by atoms with E-state index in [-0.39, 0.29) is 18.0 Å². The van der Waals surface area contributed by atoms with Crippen molar-refractivity contribution >= 4 is 6.03 Å². The molecule has 0 spiro atoms. The van der Waals surface area contributed by atoms with E-state index in [9.17, 15) is 9.90 Å². The van der Waals surface area contributed by atoms with Crippen LogP contribution in [0.15, 0.2) is 30.3 Å². The van der Waals surface area contributed by atoms with Crippen molar-refractivity contribution in [2.24, 2.45) is 5.92 Å². The third kappa shape index (κ3) is 4.95. The normalized spacial score (nSPS) is 28.0. The summed E-state index contributed by atoms with van der Waals surface area (Å²) < 4.78 is 5.77. The Kier molecular flexibility index (Phi) is 6.32. The van der Waals surface area contributed by atoms with Crippen LogP contribution >= 0.6 is 0 Å². The summed E-state index contributed by atoms with van der Waals surface area (Å²) in [5.74, 6) is 0.572. The van der Waals surface area contributed by atoms with E-state index in [1.54, 1.807) is 6.92 Å². The molecule has 1 saturated carbocycles. The standard InChI is InChI=1S/C20H30N2O3/c1-14(23)12-16(15-6-3-2-4-7-15)13-21-20(24)22-18-8-5-9-19-17(18)10-11-25-19/h2-4,6-7,14,16-19,23H,5,8-13H2,1H3,(H2,21,22,24)/t14-,16+,17+,18+,19-/m0/s1. The maximum Gasteiger partial charge on any atom is 0.315 e. The van der Waals surface area contributed by atoms with E-state index in [1.807, 2.05) is 30.3 Å². The molecule has 138 valence electrons. The van der Waals surface area contributed by atoms with Gasteiger partial charge < -0.3 is 20.5 Å². The molecule has 0 unspecified atom stereocenters. The fraction of sp³-hybridized carbons (Fsp3) is 0.650. The largest absolute Gasteiger partial charge is 0.393 e. The van der Waals surface area contributed by atoms with Crippen LogP contribution in [0.4, 0.5) is 4.79 Å². The van der Waals surface area contributed by atoms with Crippen LogP contribution in [0.25, 0.3) is 0 Å². The number of nitrogens with one attached hydrogen (secondary N) is 2. The highest BCUT2D eigenvalue weighted by atomic mass is 16.5. The van der Waals surface area contributed by atoms with Gasteiger partial charge in [0.15, 0.2) is 0 Å². The second kappa shape index (κ2) is 8.68. The highest BCUT2D eigenvalue weighted by Crippen LogP contribution is 2.34. The first-order valence-electron chi connectivity index (χ1n) is 9.52. The zero-order valence-corrected chi connectivity index (χ0v) is 15.0. The van der Waals surface area contributed by atoms with Gasteiger partial charge in [-0.3, -0.25) is 0 Å². The van der Waals surface area contributed by atoms with Crippen molar-refractivity contribution in [3.63, 3.8) is 0 Å². The molecule has 2 aliphatic rings. The van der Waals surface area contributed by atoms with Crippen molar-refractivity contribution in [1.82, 2.24) is 10.6 Å². The number of carbonyl (C=O) groups excluding carboxylic acids is 1. The summed E-state index contributed by atoms with van der Waals surface area (Å²) in [6, 6.07) is 10.2. The van der Waals surface area contributed by atoms with Crippen LogP contribution in [-0.2, 0) is 4.74 Å². The number of hydrogen-bond acceptors (Lipinski definition) is 3. The number of urea groups is 1. The lowest BCUT2D eigenvalue weighted by Gasteiger charge is -2.33. The summed E-state index contributed by atoms with van der Waals surface area (Å²) in [5.41, 5.74) is 1.14. The molecule has 3 N–H and O–H groups in total. The molecule has 0 radical (unpaired) electrons. The Bertz CT molecular complexity index is 549. The third-order valence-electron chi connectivity index (χ3n) is 5.50. The summed E-state index contributed by atoms with van der Waals surface area (Å²) in [7, 11) is 0. The van der Waals surface area contributed by atoms with Crippen molar-refractivity contribution < 1.29 is 14.6 Å². The summed E-state index contributed by atoms with van der Waals surface area (Å²) in [4.78, 5) is 12.4. The number of aliphatic hydroxyl groups is 1. The molecule has 0 bridgehead atoms. The van der Waals surface area contributed by atoms with Crippen molar-refractivity contribution in [2.75, 3.05) is 13.2 Å². The molecular weight excluding hydrogens is 316 g/mol. The topological polar surface area (TPSA) is 70.6 Å². The molecular formula is C20H30N2O3. The van der Waals surface area contributed by atoms with Gasteiger partial charge in [0.05, 0.1) is 12.2 Å². The van der Waals surface area contributed by atoms with Gasteiger partial charge in [0, 0.05) is 31.0 Å². The fourth-order valence-corrected chi connectivity index (χ4v) is 4.26. The lowest BCUT2D eigenvalue weighted by Crippen LogP contribution is -2.49. The molecule has 5 nitrogen and oxygen atoms in total. The molecule has 0 aromatic heterocycles. The van der Waals surface area contributed by atoms with Gasteiger partial charge in [0.1, 0.15) is 0 Å². The van der Waals surface area contributed by atoms with Crippen molar-refractivity contribution in [3.8, 4) is 0 Å². The molecule has 1 aliphatic carbocycles. The Labute approximate surface area is 150 Å². The van der Waals surface area contributed by atoms with Gasteiger partial charge >= 0.3 is 6.03 Å². The third-order valence-corrected chi connectivity index (χ3v) is 5.50. The predicted octanol–water partition coefficient (Wildman–Crippen LogP) is 2.80. The van der Waals surface area contributed by atoms with Crippen LogP contribution in [0, 0.1) is 5.92 Å². The lowest BCUT2D eigenvalue weighted by atomic mass is 9.82. The lowest BCUT2D eigenvalue weighted by molar-refractivity contribution is 0.0549. The fourth-order valence-electron chi connectivity index (χ4n) is 4.26. The zero-order valence-electron chi connectivity index (χ0n) is 15.0. The summed E-state index contributed by atoms with van der Waals surface area (Å²) in [6.45, 7) is 3.13. The van der Waals surface area contributed by atoms with Crippen LogP contribution in [0.1, 0.15) is 50.5 Å². The Morgan fingerprint density at radius 1 is 1.28 bits per heavy atom. The molecule has 1 saturated heterocycles. The van der Waals surface area contributed by atoms with Gasteiger partial charge in [0.2, 0.25) is 0 Å². The van der Waals surface area contributed by atoms with Gasteiger partial charge in [-0.1, -0.05) is 30.3 Å². The smallest absolute Gasteiger partial charge is 0.315 e. The Morgan fingerprint density at radius 2 is 2.08 bits per heavy atom. The zero-order chi connectivity index (χ0) is 17.6. The Balaban J connectivity index is 1.52. The number of benzene rings is 1. The minimum Gasteiger partial charge on any atom is -0.393 e. The molecule has 1 heterocycles. The van der Waals surface area contributed by atoms with Crippen LogP contribution in [-0.4, -0.2) is 42.5 Å². The number of aliphatic hydroxyl groups excluding tert-OH is 1. The minimum atomic E-state index is -0.398. The molecule has 2 amide bonds. The van der Waals surface area contributed by atoms with Crippen LogP contribution in [0.3, 0.4) is 0 Å². The van der Waals surface area contributed by atoms with Crippen molar-refractivity contribution in [3.05, 3.63) is 35.9 Å². The van der Waals surface area contributed by atoms with Crippen molar-refractivity contribution in [1.29, 1.82) is 0 Å². The van der Waals surface area contributed by atoms with E-state index in [1.165, 1.54) is 0 Å². The van der Waals surface area contributed by atoms with Crippen molar-refractivity contribution in [2.45, 2.75) is 63.2 Å². The van der Waals surface area contributed by atoms with E-state index in [0.717, 1.165) is 37.9 Å². The van der Waals surface area contributed by atoms with Gasteiger partial charge in [-0.05, 0) is 44.6 Å². The average molecular weight is 346 g/mol. The Hall–Kier alpha value is -1.59.